The van der Waals surface area contributed by atoms with Gasteiger partial charge in [-0.05, 0) is 33.3 Å². The van der Waals surface area contributed by atoms with Crippen molar-refractivity contribution in [1.82, 2.24) is 5.32 Å². The summed E-state index contributed by atoms with van der Waals surface area (Å²) in [5.74, 6) is -0.544. The van der Waals surface area contributed by atoms with Gasteiger partial charge in [-0.3, -0.25) is 4.79 Å². The van der Waals surface area contributed by atoms with Crippen LogP contribution in [0.15, 0.2) is 47.0 Å². The Bertz CT molecular complexity index is 703. The van der Waals surface area contributed by atoms with Gasteiger partial charge in [0.15, 0.2) is 12.2 Å². The monoisotopic (exact) mass is 329 g/mol. The molecule has 1 atom stereocenters. The molecule has 0 fully saturated rings. The van der Waals surface area contributed by atoms with E-state index in [0.717, 1.165) is 17.4 Å². The molecular formula is C19H23NO4. The summed E-state index contributed by atoms with van der Waals surface area (Å²) in [5, 5.41) is 3.03. The second-order valence-corrected chi connectivity index (χ2v) is 5.57. The standard InChI is InChI=1S/C19H23NO4/c1-5-23-18-15(11-21)17(14-9-7-8-12(3)10-14)16(13(4)20-18)19(22)24-6-2/h7-11,17,20H,5-6H2,1-4H3/t17-/m1/s1. The lowest BCUT2D eigenvalue weighted by Gasteiger charge is -2.29. The summed E-state index contributed by atoms with van der Waals surface area (Å²) < 4.78 is 10.8. The van der Waals surface area contributed by atoms with E-state index in [1.807, 2.05) is 38.1 Å². The molecule has 24 heavy (non-hydrogen) atoms. The molecule has 0 unspecified atom stereocenters. The summed E-state index contributed by atoms with van der Waals surface area (Å²) in [7, 11) is 0. The van der Waals surface area contributed by atoms with E-state index in [1.165, 1.54) is 0 Å². The maximum Gasteiger partial charge on any atom is 0.336 e. The molecule has 0 saturated heterocycles. The van der Waals surface area contributed by atoms with Crippen LogP contribution in [0.5, 0.6) is 0 Å². The summed E-state index contributed by atoms with van der Waals surface area (Å²) >= 11 is 0. The highest BCUT2D eigenvalue weighted by Crippen LogP contribution is 2.38. The van der Waals surface area contributed by atoms with Gasteiger partial charge in [-0.1, -0.05) is 29.8 Å². The number of allylic oxidation sites excluding steroid dienone is 2. The summed E-state index contributed by atoms with van der Waals surface area (Å²) in [6, 6.07) is 7.75. The average Bonchev–Trinajstić information content (AvgIpc) is 2.54. The smallest absolute Gasteiger partial charge is 0.336 e. The van der Waals surface area contributed by atoms with Crippen LogP contribution in [0.3, 0.4) is 0 Å². The number of esters is 1. The number of ether oxygens (including phenoxy) is 2. The summed E-state index contributed by atoms with van der Waals surface area (Å²) in [6.07, 6.45) is 0.747. The van der Waals surface area contributed by atoms with Gasteiger partial charge in [0.2, 0.25) is 0 Å². The SMILES string of the molecule is CCOC(=O)C1=C(C)NC(OCC)=C(C=O)[C@H]1c1cccc(C)c1. The Labute approximate surface area is 142 Å². The fourth-order valence-electron chi connectivity index (χ4n) is 2.87. The zero-order valence-corrected chi connectivity index (χ0v) is 14.5. The molecule has 1 aliphatic rings. The molecule has 1 aromatic carbocycles. The lowest BCUT2D eigenvalue weighted by Crippen LogP contribution is -2.31. The van der Waals surface area contributed by atoms with Crippen LogP contribution in [0.25, 0.3) is 0 Å². The van der Waals surface area contributed by atoms with E-state index in [9.17, 15) is 9.59 Å². The molecule has 0 aliphatic carbocycles. The Morgan fingerprint density at radius 3 is 2.58 bits per heavy atom. The maximum atomic E-state index is 12.5. The third-order valence-electron chi connectivity index (χ3n) is 3.85. The number of benzene rings is 1. The molecule has 0 aromatic heterocycles. The predicted octanol–water partition coefficient (Wildman–Crippen LogP) is 2.97. The highest BCUT2D eigenvalue weighted by atomic mass is 16.5. The highest BCUT2D eigenvalue weighted by Gasteiger charge is 2.35. The van der Waals surface area contributed by atoms with Crippen molar-refractivity contribution in [3.8, 4) is 0 Å². The molecular weight excluding hydrogens is 306 g/mol. The van der Waals surface area contributed by atoms with Crippen LogP contribution in [0.1, 0.15) is 37.8 Å². The van der Waals surface area contributed by atoms with Gasteiger partial charge in [-0.15, -0.1) is 0 Å². The minimum atomic E-state index is -0.510. The van der Waals surface area contributed by atoms with Gasteiger partial charge >= 0.3 is 5.97 Å². The van der Waals surface area contributed by atoms with Crippen molar-refractivity contribution in [3.05, 3.63) is 58.1 Å². The van der Waals surface area contributed by atoms with Crippen molar-refractivity contribution in [2.75, 3.05) is 13.2 Å². The van der Waals surface area contributed by atoms with E-state index >= 15 is 0 Å². The molecule has 1 N–H and O–H groups in total. The molecule has 0 amide bonds. The second kappa shape index (κ2) is 7.81. The zero-order valence-electron chi connectivity index (χ0n) is 14.5. The number of aryl methyl sites for hydroxylation is 1. The van der Waals surface area contributed by atoms with Crippen LogP contribution < -0.4 is 5.32 Å². The number of aldehydes is 1. The van der Waals surface area contributed by atoms with E-state index < -0.39 is 11.9 Å². The third kappa shape index (κ3) is 3.50. The molecule has 1 aromatic rings. The molecule has 0 spiro atoms. The summed E-state index contributed by atoms with van der Waals surface area (Å²) in [5.41, 5.74) is 3.38. The van der Waals surface area contributed by atoms with Crippen LogP contribution in [0.2, 0.25) is 0 Å². The number of hydrogen-bond acceptors (Lipinski definition) is 5. The number of rotatable bonds is 6. The van der Waals surface area contributed by atoms with Gasteiger partial charge in [0.05, 0.1) is 30.3 Å². The molecule has 1 heterocycles. The average molecular weight is 329 g/mol. The number of carbonyl (C=O) groups is 2. The van der Waals surface area contributed by atoms with E-state index in [2.05, 4.69) is 5.32 Å². The number of hydrogen-bond donors (Lipinski definition) is 1. The molecule has 0 radical (unpaired) electrons. The Kier molecular flexibility index (Phi) is 5.79. The Hall–Kier alpha value is -2.56. The quantitative estimate of drug-likeness (QED) is 0.642. The van der Waals surface area contributed by atoms with Gasteiger partial charge in [-0.25, -0.2) is 4.79 Å². The molecule has 0 saturated carbocycles. The molecule has 128 valence electrons. The first-order valence-electron chi connectivity index (χ1n) is 8.07. The maximum absolute atomic E-state index is 12.5. The van der Waals surface area contributed by atoms with E-state index in [-0.39, 0.29) is 6.61 Å². The van der Waals surface area contributed by atoms with Gasteiger partial charge in [0.25, 0.3) is 0 Å². The van der Waals surface area contributed by atoms with Gasteiger partial charge in [0.1, 0.15) is 0 Å². The summed E-state index contributed by atoms with van der Waals surface area (Å²) in [4.78, 5) is 24.3. The minimum absolute atomic E-state index is 0.272. The third-order valence-corrected chi connectivity index (χ3v) is 3.85. The summed E-state index contributed by atoms with van der Waals surface area (Å²) in [6.45, 7) is 8.05. The first-order valence-corrected chi connectivity index (χ1v) is 8.07. The van der Waals surface area contributed by atoms with Crippen molar-refractivity contribution in [1.29, 1.82) is 0 Å². The van der Waals surface area contributed by atoms with Crippen molar-refractivity contribution < 1.29 is 19.1 Å². The van der Waals surface area contributed by atoms with E-state index in [1.54, 1.807) is 13.8 Å². The number of carbonyl (C=O) groups excluding carboxylic acids is 2. The Morgan fingerprint density at radius 2 is 2.00 bits per heavy atom. The van der Waals surface area contributed by atoms with Gasteiger partial charge in [0, 0.05) is 5.70 Å². The molecule has 5 nitrogen and oxygen atoms in total. The number of nitrogens with one attached hydrogen (secondary N) is 1. The molecule has 0 bridgehead atoms. The van der Waals surface area contributed by atoms with Gasteiger partial charge in [-0.2, -0.15) is 0 Å². The first-order chi connectivity index (χ1) is 11.5. The van der Waals surface area contributed by atoms with Crippen molar-refractivity contribution >= 4 is 12.3 Å². The lowest BCUT2D eigenvalue weighted by molar-refractivity contribution is -0.138. The minimum Gasteiger partial charge on any atom is -0.479 e. The van der Waals surface area contributed by atoms with Gasteiger partial charge < -0.3 is 14.8 Å². The fraction of sp³-hybridized carbons (Fsp3) is 0.368. The van der Waals surface area contributed by atoms with Crippen molar-refractivity contribution in [2.45, 2.75) is 33.6 Å². The second-order valence-electron chi connectivity index (χ2n) is 5.57. The lowest BCUT2D eigenvalue weighted by atomic mass is 9.81. The zero-order chi connectivity index (χ0) is 17.7. The van der Waals surface area contributed by atoms with Crippen molar-refractivity contribution in [2.24, 2.45) is 0 Å². The topological polar surface area (TPSA) is 64.6 Å². The van der Waals surface area contributed by atoms with Crippen LogP contribution >= 0.6 is 0 Å². The van der Waals surface area contributed by atoms with E-state index in [4.69, 9.17) is 9.47 Å². The van der Waals surface area contributed by atoms with E-state index in [0.29, 0.717) is 29.3 Å². The first kappa shape index (κ1) is 17.8. The fourth-order valence-corrected chi connectivity index (χ4v) is 2.87. The normalized spacial score (nSPS) is 17.4. The number of dihydropyridines is 1. The van der Waals surface area contributed by atoms with Crippen LogP contribution in [0.4, 0.5) is 0 Å². The largest absolute Gasteiger partial charge is 0.479 e. The molecule has 2 rings (SSSR count). The van der Waals surface area contributed by atoms with Crippen molar-refractivity contribution in [3.63, 3.8) is 0 Å². The predicted molar refractivity (Wildman–Crippen MR) is 91.1 cm³/mol. The van der Waals surface area contributed by atoms with Crippen LogP contribution in [0, 0.1) is 6.92 Å². The molecule has 5 heteroatoms. The Morgan fingerprint density at radius 1 is 1.25 bits per heavy atom. The van der Waals surface area contributed by atoms with Crippen LogP contribution in [-0.4, -0.2) is 25.5 Å². The molecule has 1 aliphatic heterocycles. The highest BCUT2D eigenvalue weighted by molar-refractivity contribution is 5.95. The van der Waals surface area contributed by atoms with Crippen LogP contribution in [-0.2, 0) is 19.1 Å². The Balaban J connectivity index is 2.63.